The maximum Gasteiger partial charge on any atom is 0.312 e. The molecule has 0 radical (unpaired) electrons. The van der Waals surface area contributed by atoms with E-state index in [1.54, 1.807) is 6.07 Å². The van der Waals surface area contributed by atoms with Gasteiger partial charge in [-0.2, -0.15) is 0 Å². The van der Waals surface area contributed by atoms with E-state index in [4.69, 9.17) is 16.7 Å². The number of hydrogen-bond donors (Lipinski definition) is 1. The molecule has 0 aromatic carbocycles. The second-order valence-corrected chi connectivity index (χ2v) is 5.40. The van der Waals surface area contributed by atoms with Crippen molar-refractivity contribution in [1.29, 1.82) is 0 Å². The molecule has 1 unspecified atom stereocenters. The van der Waals surface area contributed by atoms with Gasteiger partial charge in [0.25, 0.3) is 0 Å². The van der Waals surface area contributed by atoms with Gasteiger partial charge in [-0.05, 0) is 30.9 Å². The first kappa shape index (κ1) is 9.99. The van der Waals surface area contributed by atoms with Gasteiger partial charge in [-0.25, -0.2) is 0 Å². The molecule has 0 spiro atoms. The van der Waals surface area contributed by atoms with Crippen LogP contribution in [0, 0.1) is 5.92 Å². The van der Waals surface area contributed by atoms with Gasteiger partial charge in [-0.1, -0.05) is 18.0 Å². The number of aliphatic carboxylic acids is 1. The normalized spacial score (nSPS) is 18.9. The zero-order valence-corrected chi connectivity index (χ0v) is 9.14. The molecule has 76 valence electrons. The Balaban J connectivity index is 2.21. The fourth-order valence-corrected chi connectivity index (χ4v) is 3.07. The Hall–Kier alpha value is -0.540. The maximum atomic E-state index is 11.1. The van der Waals surface area contributed by atoms with E-state index >= 15 is 0 Å². The summed E-state index contributed by atoms with van der Waals surface area (Å²) in [6, 6.07) is 3.61. The second kappa shape index (κ2) is 3.91. The van der Waals surface area contributed by atoms with Gasteiger partial charge in [0, 0.05) is 4.88 Å². The second-order valence-electron chi connectivity index (χ2n) is 3.65. The Morgan fingerprint density at radius 1 is 1.57 bits per heavy atom. The third-order valence-corrected chi connectivity index (χ3v) is 4.10. The Kier molecular flexibility index (Phi) is 2.79. The molecular formula is C10H11ClO2S. The summed E-state index contributed by atoms with van der Waals surface area (Å²) >= 11 is 7.19. The van der Waals surface area contributed by atoms with E-state index in [-0.39, 0.29) is 5.92 Å². The van der Waals surface area contributed by atoms with Gasteiger partial charge in [0.1, 0.15) is 0 Å². The Bertz CT molecular complexity index is 344. The highest BCUT2D eigenvalue weighted by atomic mass is 35.5. The van der Waals surface area contributed by atoms with Crippen molar-refractivity contribution in [2.24, 2.45) is 5.92 Å². The molecule has 14 heavy (non-hydrogen) atoms. The molecule has 1 aliphatic rings. The molecule has 0 aliphatic heterocycles. The first-order chi connectivity index (χ1) is 6.68. The number of halogens is 1. The zero-order chi connectivity index (χ0) is 10.1. The largest absolute Gasteiger partial charge is 0.481 e. The van der Waals surface area contributed by atoms with Crippen molar-refractivity contribution in [3.05, 3.63) is 21.3 Å². The van der Waals surface area contributed by atoms with Crippen LogP contribution >= 0.6 is 22.9 Å². The molecule has 1 saturated carbocycles. The highest BCUT2D eigenvalue weighted by Gasteiger charge is 2.34. The summed E-state index contributed by atoms with van der Waals surface area (Å²) < 4.78 is 0.672. The van der Waals surface area contributed by atoms with Gasteiger partial charge >= 0.3 is 5.97 Å². The highest BCUT2D eigenvalue weighted by Crippen LogP contribution is 2.42. The lowest BCUT2D eigenvalue weighted by atomic mass is 9.75. The molecule has 0 saturated heterocycles. The SMILES string of the molecule is O=C(O)C(c1ccc(Cl)s1)C1CCC1. The van der Waals surface area contributed by atoms with E-state index < -0.39 is 5.97 Å². The summed E-state index contributed by atoms with van der Waals surface area (Å²) in [7, 11) is 0. The summed E-state index contributed by atoms with van der Waals surface area (Å²) in [4.78, 5) is 12.0. The van der Waals surface area contributed by atoms with Crippen molar-refractivity contribution >= 4 is 28.9 Å². The van der Waals surface area contributed by atoms with Crippen LogP contribution in [0.2, 0.25) is 4.34 Å². The Morgan fingerprint density at radius 3 is 2.64 bits per heavy atom. The first-order valence-corrected chi connectivity index (χ1v) is 5.86. The van der Waals surface area contributed by atoms with Crippen LogP contribution in [0.5, 0.6) is 0 Å². The van der Waals surface area contributed by atoms with Gasteiger partial charge in [0.2, 0.25) is 0 Å². The number of carboxylic acids is 1. The molecule has 1 aromatic rings. The lowest BCUT2D eigenvalue weighted by molar-refractivity contribution is -0.141. The smallest absolute Gasteiger partial charge is 0.312 e. The van der Waals surface area contributed by atoms with Crippen LogP contribution < -0.4 is 0 Å². The fourth-order valence-electron chi connectivity index (χ4n) is 1.82. The van der Waals surface area contributed by atoms with E-state index in [1.807, 2.05) is 6.07 Å². The van der Waals surface area contributed by atoms with Gasteiger partial charge < -0.3 is 5.11 Å². The average molecular weight is 231 g/mol. The monoisotopic (exact) mass is 230 g/mol. The quantitative estimate of drug-likeness (QED) is 0.865. The number of hydrogen-bond acceptors (Lipinski definition) is 2. The van der Waals surface area contributed by atoms with Gasteiger partial charge in [0.05, 0.1) is 10.3 Å². The summed E-state index contributed by atoms with van der Waals surface area (Å²) in [5, 5.41) is 9.13. The molecule has 4 heteroatoms. The number of rotatable bonds is 3. The standard InChI is InChI=1S/C10H11ClO2S/c11-8-5-4-7(14-8)9(10(12)13)6-2-1-3-6/h4-6,9H,1-3H2,(H,12,13). The molecule has 1 fully saturated rings. The van der Waals surface area contributed by atoms with E-state index in [0.717, 1.165) is 24.1 Å². The van der Waals surface area contributed by atoms with Crippen molar-refractivity contribution < 1.29 is 9.90 Å². The lowest BCUT2D eigenvalue weighted by Gasteiger charge is -2.30. The van der Waals surface area contributed by atoms with Crippen molar-refractivity contribution in [3.63, 3.8) is 0 Å². The molecule has 1 heterocycles. The van der Waals surface area contributed by atoms with Gasteiger partial charge in [-0.3, -0.25) is 4.79 Å². The maximum absolute atomic E-state index is 11.1. The molecule has 2 nitrogen and oxygen atoms in total. The van der Waals surface area contributed by atoms with E-state index in [2.05, 4.69) is 0 Å². The molecule has 2 rings (SSSR count). The minimum Gasteiger partial charge on any atom is -0.481 e. The predicted octanol–water partition coefficient (Wildman–Crippen LogP) is 3.37. The van der Waals surface area contributed by atoms with E-state index in [1.165, 1.54) is 11.3 Å². The van der Waals surface area contributed by atoms with Crippen LogP contribution in [-0.2, 0) is 4.79 Å². The number of carboxylic acid groups (broad SMARTS) is 1. The fraction of sp³-hybridized carbons (Fsp3) is 0.500. The van der Waals surface area contributed by atoms with Crippen molar-refractivity contribution in [2.45, 2.75) is 25.2 Å². The van der Waals surface area contributed by atoms with Crippen molar-refractivity contribution in [1.82, 2.24) is 0 Å². The summed E-state index contributed by atoms with van der Waals surface area (Å²) in [5.74, 6) is -0.725. The third kappa shape index (κ3) is 1.79. The number of carbonyl (C=O) groups is 1. The molecule has 0 amide bonds. The Labute approximate surface area is 91.5 Å². The van der Waals surface area contributed by atoms with Crippen molar-refractivity contribution in [3.8, 4) is 0 Å². The first-order valence-electron chi connectivity index (χ1n) is 4.66. The van der Waals surface area contributed by atoms with Crippen LogP contribution in [0.25, 0.3) is 0 Å². The molecule has 1 aliphatic carbocycles. The van der Waals surface area contributed by atoms with E-state index in [9.17, 15) is 4.79 Å². The van der Waals surface area contributed by atoms with Gasteiger partial charge in [0.15, 0.2) is 0 Å². The van der Waals surface area contributed by atoms with Crippen LogP contribution in [0.15, 0.2) is 12.1 Å². The molecular weight excluding hydrogens is 220 g/mol. The van der Waals surface area contributed by atoms with Crippen molar-refractivity contribution in [2.75, 3.05) is 0 Å². The van der Waals surface area contributed by atoms with Gasteiger partial charge in [-0.15, -0.1) is 11.3 Å². The topological polar surface area (TPSA) is 37.3 Å². The van der Waals surface area contributed by atoms with Crippen LogP contribution in [0.1, 0.15) is 30.1 Å². The van der Waals surface area contributed by atoms with Crippen LogP contribution in [0.3, 0.4) is 0 Å². The molecule has 1 atom stereocenters. The van der Waals surface area contributed by atoms with Crippen LogP contribution in [0.4, 0.5) is 0 Å². The van der Waals surface area contributed by atoms with E-state index in [0.29, 0.717) is 10.3 Å². The third-order valence-electron chi connectivity index (χ3n) is 2.79. The summed E-state index contributed by atoms with van der Waals surface area (Å²) in [6.07, 6.45) is 3.23. The number of thiophene rings is 1. The minimum atomic E-state index is -0.715. The minimum absolute atomic E-state index is 0.321. The molecule has 1 aromatic heterocycles. The molecule has 1 N–H and O–H groups in total. The molecule has 0 bridgehead atoms. The van der Waals surface area contributed by atoms with Crippen LogP contribution in [-0.4, -0.2) is 11.1 Å². The lowest BCUT2D eigenvalue weighted by Crippen LogP contribution is -2.25. The summed E-state index contributed by atoms with van der Waals surface area (Å²) in [5.41, 5.74) is 0. The summed E-state index contributed by atoms with van der Waals surface area (Å²) in [6.45, 7) is 0. The highest BCUT2D eigenvalue weighted by molar-refractivity contribution is 7.16. The average Bonchev–Trinajstić information content (AvgIpc) is 2.42. The zero-order valence-electron chi connectivity index (χ0n) is 7.57. The Morgan fingerprint density at radius 2 is 2.29 bits per heavy atom. The predicted molar refractivity (Wildman–Crippen MR) is 57.0 cm³/mol.